The molecule has 0 unspecified atom stereocenters. The normalized spacial score (nSPS) is 10.5. The smallest absolute Gasteiger partial charge is 0.545 e. The second-order valence-electron chi connectivity index (χ2n) is 12.2. The van der Waals surface area contributed by atoms with E-state index in [0.29, 0.717) is 43.1 Å². The fourth-order valence-electron chi connectivity index (χ4n) is 6.95. The van der Waals surface area contributed by atoms with Crippen molar-refractivity contribution in [1.29, 1.82) is 0 Å². The van der Waals surface area contributed by atoms with Gasteiger partial charge in [-0.15, -0.1) is 0 Å². The summed E-state index contributed by atoms with van der Waals surface area (Å²) in [6.45, 7) is 0. The van der Waals surface area contributed by atoms with Crippen molar-refractivity contribution in [2.24, 2.45) is 0 Å². The summed E-state index contributed by atoms with van der Waals surface area (Å²) in [6.07, 6.45) is 0. The van der Waals surface area contributed by atoms with Crippen molar-refractivity contribution in [3.8, 4) is 0 Å². The van der Waals surface area contributed by atoms with Gasteiger partial charge in [-0.05, 0) is 87.9 Å². The predicted octanol–water partition coefficient (Wildman–Crippen LogP) is -0.669. The molecule has 264 valence electrons. The summed E-state index contributed by atoms with van der Waals surface area (Å²) in [7, 11) is 0. The molecule has 0 saturated heterocycles. The third-order valence-electron chi connectivity index (χ3n) is 9.34. The molecule has 0 fully saturated rings. The van der Waals surface area contributed by atoms with Crippen molar-refractivity contribution < 1.29 is 59.4 Å². The van der Waals surface area contributed by atoms with E-state index in [2.05, 4.69) is 0 Å². The summed E-state index contributed by atoms with van der Waals surface area (Å²) >= 11 is 0. The Balaban J connectivity index is 0.000000240. The van der Waals surface area contributed by atoms with Crippen LogP contribution in [-0.4, -0.2) is 149 Å². The Labute approximate surface area is 410 Å². The SMILES string of the molecule is O=C([O-])c1ccc2c(ccc3c2ccc2c(C(=O)[O-])ccc(C(=O)[O-])c23)c1.O=C([O-])c1ccc2c(ccc3c2ccc2c(C(=O)[O-])ccc(C(=O)[O-])c23)c1.[Ca+2].[Ca+2].[Ca+2]. The Morgan fingerprint density at radius 1 is 0.281 bits per heavy atom. The molecule has 0 atom stereocenters. The summed E-state index contributed by atoms with van der Waals surface area (Å²) in [5.41, 5.74) is -0.458. The van der Waals surface area contributed by atoms with E-state index in [0.717, 1.165) is 0 Å². The number of carbonyl (C=O) groups excluding carboxylic acids is 6. The van der Waals surface area contributed by atoms with Crippen LogP contribution in [0.3, 0.4) is 0 Å². The van der Waals surface area contributed by atoms with Gasteiger partial charge in [0.15, 0.2) is 0 Å². The number of rotatable bonds is 6. The maximum atomic E-state index is 11.6. The number of carboxylic acids is 6. The molecule has 0 aliphatic carbocycles. The van der Waals surface area contributed by atoms with Gasteiger partial charge >= 0.3 is 113 Å². The van der Waals surface area contributed by atoms with Gasteiger partial charge in [-0.1, -0.05) is 97.1 Å². The predicted molar refractivity (Wildman–Crippen MR) is 201 cm³/mol. The zero-order chi connectivity index (χ0) is 38.6. The molecule has 0 heterocycles. The quantitative estimate of drug-likeness (QED) is 0.150. The van der Waals surface area contributed by atoms with Crippen molar-refractivity contribution >= 4 is 214 Å². The van der Waals surface area contributed by atoms with Crippen LogP contribution in [0, 0.1) is 0 Å². The van der Waals surface area contributed by atoms with Gasteiger partial charge in [0.05, 0.1) is 35.8 Å². The van der Waals surface area contributed by atoms with Crippen LogP contribution in [0.5, 0.6) is 0 Å². The van der Waals surface area contributed by atoms with Crippen LogP contribution in [0.4, 0.5) is 0 Å². The molecule has 8 aromatic rings. The van der Waals surface area contributed by atoms with Crippen LogP contribution in [0.15, 0.2) is 109 Å². The average Bonchev–Trinajstić information content (AvgIpc) is 3.15. The Hall–Kier alpha value is -4.08. The minimum atomic E-state index is -1.43. The fraction of sp³-hybridized carbons (Fsp3) is 0. The number of carbonyl (C=O) groups is 6. The Morgan fingerprint density at radius 2 is 0.561 bits per heavy atom. The van der Waals surface area contributed by atoms with Crippen molar-refractivity contribution in [3.63, 3.8) is 0 Å². The first-order valence-electron chi connectivity index (χ1n) is 15.9. The van der Waals surface area contributed by atoms with E-state index >= 15 is 0 Å². The van der Waals surface area contributed by atoms with Gasteiger partial charge in [-0.2, -0.15) is 0 Å². The summed E-state index contributed by atoms with van der Waals surface area (Å²) in [5, 5.41) is 74.0. The van der Waals surface area contributed by atoms with Crippen LogP contribution in [0.1, 0.15) is 62.1 Å². The van der Waals surface area contributed by atoms with Gasteiger partial charge in [0.25, 0.3) is 0 Å². The van der Waals surface area contributed by atoms with E-state index in [1.807, 2.05) is 0 Å². The van der Waals surface area contributed by atoms with Crippen LogP contribution in [0.25, 0.3) is 64.6 Å². The third kappa shape index (κ3) is 8.43. The van der Waals surface area contributed by atoms with Crippen LogP contribution in [-0.2, 0) is 0 Å². The van der Waals surface area contributed by atoms with Gasteiger partial charge < -0.3 is 59.4 Å². The molecular weight excluding hydrogens is 817 g/mol. The van der Waals surface area contributed by atoms with Crippen LogP contribution >= 0.6 is 0 Å². The Morgan fingerprint density at radius 3 is 0.877 bits per heavy atom. The zero-order valence-electron chi connectivity index (χ0n) is 29.4. The maximum absolute atomic E-state index is 11.6. The monoisotopic (exact) mass is 834 g/mol. The molecule has 8 rings (SSSR count). The number of fused-ring (bicyclic) bond motifs is 10. The molecule has 0 aliphatic rings. The molecule has 0 radical (unpaired) electrons. The Bertz CT molecular complexity index is 2830. The molecule has 0 aliphatic heterocycles. The van der Waals surface area contributed by atoms with Gasteiger partial charge in [-0.25, -0.2) is 0 Å². The molecule has 0 N–H and O–H groups in total. The second kappa shape index (κ2) is 18.2. The van der Waals surface area contributed by atoms with Crippen molar-refractivity contribution in [2.75, 3.05) is 0 Å². The summed E-state index contributed by atoms with van der Waals surface area (Å²) in [5.74, 6) is -8.27. The number of benzene rings is 8. The Kier molecular flexibility index (Phi) is 14.6. The van der Waals surface area contributed by atoms with Gasteiger partial charge in [0.1, 0.15) is 0 Å². The van der Waals surface area contributed by atoms with Crippen molar-refractivity contribution in [2.45, 2.75) is 0 Å². The van der Waals surface area contributed by atoms with Crippen LogP contribution in [0.2, 0.25) is 0 Å². The molecule has 15 heteroatoms. The van der Waals surface area contributed by atoms with Gasteiger partial charge in [0.2, 0.25) is 0 Å². The minimum absolute atomic E-state index is 0. The van der Waals surface area contributed by atoms with E-state index in [-0.39, 0.29) is 168 Å². The van der Waals surface area contributed by atoms with Crippen molar-refractivity contribution in [1.82, 2.24) is 0 Å². The van der Waals surface area contributed by atoms with Gasteiger partial charge in [-0.3, -0.25) is 0 Å². The topological polar surface area (TPSA) is 241 Å². The molecular formula is C42H18Ca3O12. The molecule has 0 amide bonds. The summed E-state index contributed by atoms with van der Waals surface area (Å²) in [6, 6.07) is 26.6. The molecule has 0 saturated carbocycles. The maximum Gasteiger partial charge on any atom is 2.00 e. The number of carboxylic acid groups (broad SMARTS) is 6. The number of hydrogen-bond acceptors (Lipinski definition) is 12. The van der Waals surface area contributed by atoms with E-state index in [1.54, 1.807) is 48.5 Å². The largest absolute Gasteiger partial charge is 2.00 e. The van der Waals surface area contributed by atoms with Crippen LogP contribution < -0.4 is 30.6 Å². The van der Waals surface area contributed by atoms with E-state index in [1.165, 1.54) is 60.7 Å². The molecule has 12 nitrogen and oxygen atoms in total. The molecule has 8 aromatic carbocycles. The first-order chi connectivity index (χ1) is 25.8. The number of aromatic carboxylic acids is 6. The molecule has 0 aromatic heterocycles. The summed E-state index contributed by atoms with van der Waals surface area (Å²) < 4.78 is 0. The second-order valence-corrected chi connectivity index (χ2v) is 12.2. The zero-order valence-corrected chi connectivity index (χ0v) is 36.0. The fourth-order valence-corrected chi connectivity index (χ4v) is 6.95. The molecule has 57 heavy (non-hydrogen) atoms. The molecule has 0 spiro atoms. The van der Waals surface area contributed by atoms with Crippen molar-refractivity contribution in [3.05, 3.63) is 143 Å². The third-order valence-corrected chi connectivity index (χ3v) is 9.34. The standard InChI is InChI=1S/2C21H12O6.3Ca/c2*22-19(23)11-2-3-12-10(9-11)1-4-14-13(12)5-6-15-16(20(24)25)7-8-17(18(14)15)21(26)27;;;/h2*1-9H,(H,22,23)(H,24,25)(H,26,27);;;/q;;3*+2/p-6. The average molecular weight is 835 g/mol. The van der Waals surface area contributed by atoms with E-state index in [4.69, 9.17) is 0 Å². The number of hydrogen-bond donors (Lipinski definition) is 0. The molecule has 0 bridgehead atoms. The minimum Gasteiger partial charge on any atom is -0.545 e. The van der Waals surface area contributed by atoms with E-state index in [9.17, 15) is 59.4 Å². The van der Waals surface area contributed by atoms with E-state index < -0.39 is 35.8 Å². The first-order valence-corrected chi connectivity index (χ1v) is 15.9. The first kappa shape index (κ1) is 45.6. The summed E-state index contributed by atoms with van der Waals surface area (Å²) in [4.78, 5) is 68.1. The van der Waals surface area contributed by atoms with Gasteiger partial charge in [0, 0.05) is 22.3 Å².